The first-order chi connectivity index (χ1) is 8.54. The minimum atomic E-state index is -0.272. The molecule has 1 saturated carbocycles. The predicted octanol–water partition coefficient (Wildman–Crippen LogP) is 3.31. The zero-order valence-electron chi connectivity index (χ0n) is 10.6. The fourth-order valence-corrected chi connectivity index (χ4v) is 2.79. The second kappa shape index (κ2) is 5.55. The standard InChI is InChI=1S/C14H19ClFNO/c1-18-14(5-2-6-14)9-12(17)8-10-7-11(16)3-4-13(10)15/h3-4,7,12H,2,5-6,8-9,17H2,1H3. The molecule has 2 rings (SSSR count). The second-order valence-corrected chi connectivity index (χ2v) is 5.55. The topological polar surface area (TPSA) is 35.2 Å². The summed E-state index contributed by atoms with van der Waals surface area (Å²) in [5.74, 6) is -0.272. The number of ether oxygens (including phenoxy) is 1. The molecule has 1 aromatic rings. The highest BCUT2D eigenvalue weighted by molar-refractivity contribution is 6.31. The van der Waals surface area contributed by atoms with Crippen LogP contribution < -0.4 is 5.73 Å². The molecule has 0 amide bonds. The van der Waals surface area contributed by atoms with Gasteiger partial charge in [0.05, 0.1) is 5.60 Å². The average molecular weight is 272 g/mol. The lowest BCUT2D eigenvalue weighted by Crippen LogP contribution is -2.45. The van der Waals surface area contributed by atoms with E-state index in [2.05, 4.69) is 0 Å². The molecule has 0 aliphatic heterocycles. The van der Waals surface area contributed by atoms with Crippen molar-refractivity contribution in [3.05, 3.63) is 34.6 Å². The summed E-state index contributed by atoms with van der Waals surface area (Å²) in [6, 6.07) is 4.35. The Morgan fingerprint density at radius 2 is 2.22 bits per heavy atom. The number of hydrogen-bond acceptors (Lipinski definition) is 2. The first-order valence-electron chi connectivity index (χ1n) is 6.29. The molecule has 1 aliphatic rings. The van der Waals surface area contributed by atoms with Gasteiger partial charge in [-0.2, -0.15) is 0 Å². The second-order valence-electron chi connectivity index (χ2n) is 5.14. The minimum Gasteiger partial charge on any atom is -0.378 e. The number of methoxy groups -OCH3 is 1. The van der Waals surface area contributed by atoms with E-state index < -0.39 is 0 Å². The molecule has 2 nitrogen and oxygen atoms in total. The Balaban J connectivity index is 1.98. The van der Waals surface area contributed by atoms with Crippen LogP contribution in [0.5, 0.6) is 0 Å². The van der Waals surface area contributed by atoms with E-state index in [9.17, 15) is 4.39 Å². The van der Waals surface area contributed by atoms with Crippen molar-refractivity contribution in [3.63, 3.8) is 0 Å². The van der Waals surface area contributed by atoms with Crippen molar-refractivity contribution in [3.8, 4) is 0 Å². The third-order valence-corrected chi connectivity index (χ3v) is 4.19. The zero-order valence-corrected chi connectivity index (χ0v) is 11.3. The van der Waals surface area contributed by atoms with Crippen molar-refractivity contribution in [1.82, 2.24) is 0 Å². The first-order valence-corrected chi connectivity index (χ1v) is 6.67. The predicted molar refractivity (Wildman–Crippen MR) is 71.3 cm³/mol. The van der Waals surface area contributed by atoms with Crippen LogP contribution in [0.25, 0.3) is 0 Å². The van der Waals surface area contributed by atoms with Crippen LogP contribution in [-0.2, 0) is 11.2 Å². The molecule has 4 heteroatoms. The Morgan fingerprint density at radius 1 is 1.50 bits per heavy atom. The third kappa shape index (κ3) is 3.02. The van der Waals surface area contributed by atoms with Crippen LogP contribution in [0.3, 0.4) is 0 Å². The van der Waals surface area contributed by atoms with Gasteiger partial charge in [0, 0.05) is 18.2 Å². The molecule has 0 bridgehead atoms. The normalized spacial score (nSPS) is 19.3. The van der Waals surface area contributed by atoms with Gasteiger partial charge in [-0.15, -0.1) is 0 Å². The van der Waals surface area contributed by atoms with E-state index in [1.807, 2.05) is 0 Å². The van der Waals surface area contributed by atoms with Crippen molar-refractivity contribution < 1.29 is 9.13 Å². The smallest absolute Gasteiger partial charge is 0.123 e. The molecule has 0 saturated heterocycles. The average Bonchev–Trinajstić information content (AvgIpc) is 2.28. The van der Waals surface area contributed by atoms with Gasteiger partial charge in [-0.1, -0.05) is 11.6 Å². The van der Waals surface area contributed by atoms with Crippen LogP contribution in [0.4, 0.5) is 4.39 Å². The molecule has 0 spiro atoms. The van der Waals surface area contributed by atoms with Crippen molar-refractivity contribution >= 4 is 11.6 Å². The van der Waals surface area contributed by atoms with E-state index in [4.69, 9.17) is 22.1 Å². The summed E-state index contributed by atoms with van der Waals surface area (Å²) in [6.45, 7) is 0. The molecule has 100 valence electrons. The van der Waals surface area contributed by atoms with Crippen LogP contribution in [0, 0.1) is 5.82 Å². The van der Waals surface area contributed by atoms with E-state index >= 15 is 0 Å². The van der Waals surface area contributed by atoms with Crippen LogP contribution in [-0.4, -0.2) is 18.8 Å². The summed E-state index contributed by atoms with van der Waals surface area (Å²) in [5.41, 5.74) is 6.85. The number of halogens is 2. The Bertz CT molecular complexity index is 415. The molecule has 1 unspecified atom stereocenters. The molecule has 1 aliphatic carbocycles. The van der Waals surface area contributed by atoms with E-state index in [1.54, 1.807) is 13.2 Å². The maximum absolute atomic E-state index is 13.2. The van der Waals surface area contributed by atoms with Gasteiger partial charge in [-0.25, -0.2) is 4.39 Å². The molecule has 0 radical (unpaired) electrons. The van der Waals surface area contributed by atoms with E-state index in [0.717, 1.165) is 24.8 Å². The van der Waals surface area contributed by atoms with Gasteiger partial charge in [0.1, 0.15) is 5.82 Å². The van der Waals surface area contributed by atoms with Crippen LogP contribution in [0.2, 0.25) is 5.02 Å². The lowest BCUT2D eigenvalue weighted by atomic mass is 9.75. The fourth-order valence-electron chi connectivity index (χ4n) is 2.59. The number of rotatable bonds is 5. The van der Waals surface area contributed by atoms with E-state index in [0.29, 0.717) is 11.4 Å². The SMILES string of the molecule is COC1(CC(N)Cc2cc(F)ccc2Cl)CCC1. The van der Waals surface area contributed by atoms with Gasteiger partial charge in [0.2, 0.25) is 0 Å². The monoisotopic (exact) mass is 271 g/mol. The Morgan fingerprint density at radius 3 is 2.78 bits per heavy atom. The maximum atomic E-state index is 13.2. The number of benzene rings is 1. The van der Waals surface area contributed by atoms with Crippen LogP contribution in [0.1, 0.15) is 31.2 Å². The largest absolute Gasteiger partial charge is 0.378 e. The molecule has 0 heterocycles. The molecule has 1 fully saturated rings. The molecule has 0 aromatic heterocycles. The van der Waals surface area contributed by atoms with E-state index in [1.165, 1.54) is 18.6 Å². The summed E-state index contributed by atoms with van der Waals surface area (Å²) < 4.78 is 18.7. The van der Waals surface area contributed by atoms with Gasteiger partial charge in [-0.05, 0) is 55.9 Å². The molecule has 18 heavy (non-hydrogen) atoms. The van der Waals surface area contributed by atoms with Crippen LogP contribution in [0.15, 0.2) is 18.2 Å². The summed E-state index contributed by atoms with van der Waals surface area (Å²) in [7, 11) is 1.74. The third-order valence-electron chi connectivity index (χ3n) is 3.82. The molecular weight excluding hydrogens is 253 g/mol. The van der Waals surface area contributed by atoms with Gasteiger partial charge in [0.25, 0.3) is 0 Å². The molecule has 1 atom stereocenters. The van der Waals surface area contributed by atoms with Crippen molar-refractivity contribution in [2.75, 3.05) is 7.11 Å². The highest BCUT2D eigenvalue weighted by Gasteiger charge is 2.38. The first kappa shape index (κ1) is 13.8. The number of hydrogen-bond donors (Lipinski definition) is 1. The summed E-state index contributed by atoms with van der Waals surface area (Å²) >= 11 is 6.04. The molecular formula is C14H19ClFNO. The summed E-state index contributed by atoms with van der Waals surface area (Å²) in [4.78, 5) is 0. The van der Waals surface area contributed by atoms with Crippen molar-refractivity contribution in [2.45, 2.75) is 43.7 Å². The van der Waals surface area contributed by atoms with Crippen molar-refractivity contribution in [2.24, 2.45) is 5.73 Å². The lowest BCUT2D eigenvalue weighted by molar-refractivity contribution is -0.0813. The number of nitrogens with two attached hydrogens (primary N) is 1. The van der Waals surface area contributed by atoms with Crippen LogP contribution >= 0.6 is 11.6 Å². The Kier molecular flexibility index (Phi) is 4.25. The molecule has 2 N–H and O–H groups in total. The van der Waals surface area contributed by atoms with Crippen molar-refractivity contribution in [1.29, 1.82) is 0 Å². The minimum absolute atomic E-state index is 0.0513. The van der Waals surface area contributed by atoms with Gasteiger partial charge in [0.15, 0.2) is 0 Å². The summed E-state index contributed by atoms with van der Waals surface area (Å²) in [6.07, 6.45) is 4.71. The summed E-state index contributed by atoms with van der Waals surface area (Å²) in [5, 5.41) is 0.576. The van der Waals surface area contributed by atoms with E-state index in [-0.39, 0.29) is 17.5 Å². The Labute approximate surface area is 112 Å². The maximum Gasteiger partial charge on any atom is 0.123 e. The zero-order chi connectivity index (χ0) is 13.2. The highest BCUT2D eigenvalue weighted by atomic mass is 35.5. The highest BCUT2D eigenvalue weighted by Crippen LogP contribution is 2.39. The van der Waals surface area contributed by atoms with Gasteiger partial charge < -0.3 is 10.5 Å². The Hall–Kier alpha value is -0.640. The van der Waals surface area contributed by atoms with Gasteiger partial charge >= 0.3 is 0 Å². The van der Waals surface area contributed by atoms with Gasteiger partial charge in [-0.3, -0.25) is 0 Å². The quantitative estimate of drug-likeness (QED) is 0.892. The molecule has 1 aromatic carbocycles. The lowest BCUT2D eigenvalue weighted by Gasteiger charge is -2.42. The fraction of sp³-hybridized carbons (Fsp3) is 0.571.